The molecule has 0 aromatic heterocycles. The van der Waals surface area contributed by atoms with E-state index in [1.807, 2.05) is 11.9 Å². The first-order chi connectivity index (χ1) is 12.4. The summed E-state index contributed by atoms with van der Waals surface area (Å²) in [6.45, 7) is 1.78. The highest BCUT2D eigenvalue weighted by molar-refractivity contribution is 8.00. The number of hydrogen-bond acceptors (Lipinski definition) is 7. The molecule has 1 fully saturated rings. The van der Waals surface area contributed by atoms with Crippen LogP contribution in [-0.4, -0.2) is 73.5 Å². The van der Waals surface area contributed by atoms with Crippen molar-refractivity contribution < 1.29 is 31.3 Å². The van der Waals surface area contributed by atoms with Gasteiger partial charge in [-0.2, -0.15) is 13.2 Å². The summed E-state index contributed by atoms with van der Waals surface area (Å²) in [4.78, 5) is 24.3. The van der Waals surface area contributed by atoms with Crippen molar-refractivity contribution in [3.05, 3.63) is 28.3 Å². The third kappa shape index (κ3) is 5.81. The van der Waals surface area contributed by atoms with Crippen molar-refractivity contribution in [3.63, 3.8) is 0 Å². The van der Waals surface area contributed by atoms with Gasteiger partial charge in [0, 0.05) is 37.1 Å². The van der Waals surface area contributed by atoms with Crippen molar-refractivity contribution in [1.82, 2.24) is 9.80 Å². The topological polar surface area (TPSA) is 101 Å². The van der Waals surface area contributed by atoms with Crippen molar-refractivity contribution >= 4 is 33.2 Å². The number of likely N-dealkylation sites (N-methyl/N-ethyl adjacent to an activating group) is 1. The number of carbonyl (C=O) groups excluding carboxylic acids is 1. The smallest absolute Gasteiger partial charge is 0.339 e. The highest BCUT2D eigenvalue weighted by Crippen LogP contribution is 2.39. The Bertz CT molecular complexity index is 837. The summed E-state index contributed by atoms with van der Waals surface area (Å²) in [6, 6.07) is 2.11. The average molecular weight is 427 g/mol. The van der Waals surface area contributed by atoms with Crippen LogP contribution >= 0.6 is 11.8 Å². The first-order valence-corrected chi connectivity index (χ1v) is 10.1. The Morgan fingerprint density at radius 1 is 1.26 bits per heavy atom. The number of nitro groups is 1. The number of benzene rings is 1. The Labute approximate surface area is 157 Å². The summed E-state index contributed by atoms with van der Waals surface area (Å²) in [5.74, 6) is -1.69. The fraction of sp³-hybridized carbons (Fsp3) is 0.500. The molecule has 150 valence electrons. The van der Waals surface area contributed by atoms with Crippen molar-refractivity contribution in [2.75, 3.05) is 39.0 Å². The summed E-state index contributed by atoms with van der Waals surface area (Å²) in [5, 5.41) is 11.2. The fourth-order valence-electron chi connectivity index (χ4n) is 2.49. The standard InChI is InChI=1S/C14H16F3N3O5S2/c1-18-4-6-19(7-5-18)13(21)9-27(24,25)12-3-2-10(26-14(15,16)17)8-11(12)20(22)23/h2-3,8H,4-7,9H2,1H3. The largest absolute Gasteiger partial charge is 0.446 e. The van der Waals surface area contributed by atoms with E-state index < -0.39 is 59.2 Å². The van der Waals surface area contributed by atoms with Gasteiger partial charge in [-0.15, -0.1) is 0 Å². The van der Waals surface area contributed by atoms with Crippen LogP contribution in [0.1, 0.15) is 0 Å². The van der Waals surface area contributed by atoms with Gasteiger partial charge in [0.05, 0.1) is 4.92 Å². The molecule has 0 bridgehead atoms. The summed E-state index contributed by atoms with van der Waals surface area (Å²) < 4.78 is 62.3. The maximum Gasteiger partial charge on any atom is 0.446 e. The van der Waals surface area contributed by atoms with Crippen LogP contribution in [0.3, 0.4) is 0 Å². The van der Waals surface area contributed by atoms with E-state index in [9.17, 15) is 36.5 Å². The maximum atomic E-state index is 12.5. The Morgan fingerprint density at radius 2 is 1.85 bits per heavy atom. The van der Waals surface area contributed by atoms with Crippen molar-refractivity contribution in [1.29, 1.82) is 0 Å². The second-order valence-electron chi connectivity index (χ2n) is 5.88. The van der Waals surface area contributed by atoms with Crippen molar-refractivity contribution in [3.8, 4) is 0 Å². The number of nitrogens with zero attached hydrogens (tertiary/aromatic N) is 3. The molecule has 1 aliphatic heterocycles. The van der Waals surface area contributed by atoms with Crippen LogP contribution in [0.5, 0.6) is 0 Å². The van der Waals surface area contributed by atoms with E-state index in [2.05, 4.69) is 0 Å². The van der Waals surface area contributed by atoms with Gasteiger partial charge in [0.25, 0.3) is 5.69 Å². The van der Waals surface area contributed by atoms with Gasteiger partial charge >= 0.3 is 5.51 Å². The lowest BCUT2D eigenvalue weighted by molar-refractivity contribution is -0.388. The van der Waals surface area contributed by atoms with E-state index in [1.165, 1.54) is 4.90 Å². The molecule has 2 rings (SSSR count). The maximum absolute atomic E-state index is 12.5. The van der Waals surface area contributed by atoms with E-state index in [0.29, 0.717) is 32.2 Å². The minimum atomic E-state index is -4.67. The molecule has 1 saturated heterocycles. The minimum Gasteiger partial charge on any atom is -0.339 e. The SMILES string of the molecule is CN1CCN(C(=O)CS(=O)(=O)c2ccc(SC(F)(F)F)cc2[N+](=O)[O-])CC1. The van der Waals surface area contributed by atoms with Crippen LogP contribution < -0.4 is 0 Å². The van der Waals surface area contributed by atoms with Gasteiger partial charge in [-0.25, -0.2) is 8.42 Å². The average Bonchev–Trinajstić information content (AvgIpc) is 2.53. The first-order valence-electron chi connectivity index (χ1n) is 7.62. The molecule has 0 atom stereocenters. The lowest BCUT2D eigenvalue weighted by Gasteiger charge is -2.32. The van der Waals surface area contributed by atoms with E-state index in [0.717, 1.165) is 12.1 Å². The predicted molar refractivity (Wildman–Crippen MR) is 91.1 cm³/mol. The monoisotopic (exact) mass is 427 g/mol. The van der Waals surface area contributed by atoms with Gasteiger partial charge in [0.15, 0.2) is 9.84 Å². The number of amides is 1. The molecule has 0 aliphatic carbocycles. The molecular weight excluding hydrogens is 411 g/mol. The summed E-state index contributed by atoms with van der Waals surface area (Å²) >= 11 is -0.591. The number of alkyl halides is 3. The van der Waals surface area contributed by atoms with E-state index in [1.54, 1.807) is 0 Å². The van der Waals surface area contributed by atoms with Crippen LogP contribution in [0, 0.1) is 10.1 Å². The number of carbonyl (C=O) groups is 1. The van der Waals surface area contributed by atoms with Gasteiger partial charge < -0.3 is 9.80 Å². The molecule has 0 radical (unpaired) electrons. The molecule has 1 amide bonds. The van der Waals surface area contributed by atoms with E-state index >= 15 is 0 Å². The molecule has 0 N–H and O–H groups in total. The normalized spacial score (nSPS) is 16.4. The third-order valence-electron chi connectivity index (χ3n) is 3.87. The molecule has 0 saturated carbocycles. The Hall–Kier alpha value is -1.86. The van der Waals surface area contributed by atoms with Crippen molar-refractivity contribution in [2.45, 2.75) is 15.3 Å². The van der Waals surface area contributed by atoms with Gasteiger partial charge in [0.1, 0.15) is 10.6 Å². The van der Waals surface area contributed by atoms with Crippen LogP contribution in [-0.2, 0) is 14.6 Å². The zero-order valence-corrected chi connectivity index (χ0v) is 15.7. The number of sulfone groups is 1. The molecule has 0 unspecified atom stereocenters. The second kappa shape index (κ2) is 8.02. The van der Waals surface area contributed by atoms with E-state index in [-0.39, 0.29) is 0 Å². The third-order valence-corrected chi connectivity index (χ3v) is 6.23. The van der Waals surface area contributed by atoms with Gasteiger partial charge in [0.2, 0.25) is 5.91 Å². The number of rotatable bonds is 5. The number of nitro benzene ring substituents is 1. The van der Waals surface area contributed by atoms with Crippen LogP contribution in [0.4, 0.5) is 18.9 Å². The number of halogens is 3. The van der Waals surface area contributed by atoms with Crippen LogP contribution in [0.2, 0.25) is 0 Å². The zero-order valence-electron chi connectivity index (χ0n) is 14.1. The van der Waals surface area contributed by atoms with Crippen LogP contribution in [0.25, 0.3) is 0 Å². The first kappa shape index (κ1) is 21.4. The van der Waals surface area contributed by atoms with Gasteiger partial charge in [-0.3, -0.25) is 14.9 Å². The Balaban J connectivity index is 2.26. The number of piperazine rings is 1. The fourth-order valence-corrected chi connectivity index (χ4v) is 4.45. The van der Waals surface area contributed by atoms with Gasteiger partial charge in [-0.05, 0) is 30.9 Å². The highest BCUT2D eigenvalue weighted by Gasteiger charge is 2.34. The minimum absolute atomic E-state index is 0.327. The van der Waals surface area contributed by atoms with Crippen molar-refractivity contribution in [2.24, 2.45) is 0 Å². The summed E-state index contributed by atoms with van der Waals surface area (Å²) in [5.41, 5.74) is -5.67. The molecule has 0 spiro atoms. The quantitative estimate of drug-likeness (QED) is 0.401. The lowest BCUT2D eigenvalue weighted by Crippen LogP contribution is -2.48. The Morgan fingerprint density at radius 3 is 2.37 bits per heavy atom. The van der Waals surface area contributed by atoms with E-state index in [4.69, 9.17) is 0 Å². The molecular formula is C14H16F3N3O5S2. The number of hydrogen-bond donors (Lipinski definition) is 0. The molecule has 27 heavy (non-hydrogen) atoms. The van der Waals surface area contributed by atoms with Crippen LogP contribution in [0.15, 0.2) is 28.0 Å². The highest BCUT2D eigenvalue weighted by atomic mass is 32.2. The Kier molecular flexibility index (Phi) is 6.37. The molecule has 1 heterocycles. The second-order valence-corrected chi connectivity index (χ2v) is 8.97. The van der Waals surface area contributed by atoms with Gasteiger partial charge in [-0.1, -0.05) is 0 Å². The molecule has 1 aromatic carbocycles. The predicted octanol–water partition coefficient (Wildman–Crippen LogP) is 1.75. The number of thioether (sulfide) groups is 1. The molecule has 8 nitrogen and oxygen atoms in total. The molecule has 13 heteroatoms. The molecule has 1 aromatic rings. The zero-order chi connectivity index (χ0) is 20.4. The molecule has 1 aliphatic rings. The summed E-state index contributed by atoms with van der Waals surface area (Å²) in [7, 11) is -2.55. The lowest BCUT2D eigenvalue weighted by atomic mass is 10.3. The summed E-state index contributed by atoms with van der Waals surface area (Å²) in [6.07, 6.45) is 0.